The lowest BCUT2D eigenvalue weighted by Crippen LogP contribution is -2.33. The summed E-state index contributed by atoms with van der Waals surface area (Å²) in [6, 6.07) is 20.1. The van der Waals surface area contributed by atoms with Crippen molar-refractivity contribution in [3.05, 3.63) is 88.7 Å². The number of aromatic amines is 1. The van der Waals surface area contributed by atoms with Crippen LogP contribution in [0.25, 0.3) is 11.0 Å². The maximum Gasteiger partial charge on any atom is 0.287 e. The van der Waals surface area contributed by atoms with E-state index in [2.05, 4.69) is 20.6 Å². The first-order valence-electron chi connectivity index (χ1n) is 9.53. The summed E-state index contributed by atoms with van der Waals surface area (Å²) in [5.41, 5.74) is 1.18. The fraction of sp³-hybridized carbons (Fsp3) is 0.0455. The number of nitro groups is 1. The maximum absolute atomic E-state index is 12.3. The number of amides is 2. The van der Waals surface area contributed by atoms with Crippen LogP contribution in [0.5, 0.6) is 11.5 Å². The molecule has 4 aromatic rings. The van der Waals surface area contributed by atoms with E-state index in [1.165, 1.54) is 18.2 Å². The summed E-state index contributed by atoms with van der Waals surface area (Å²) in [7, 11) is 0. The predicted octanol–water partition coefficient (Wildman–Crippen LogP) is 3.63. The second-order valence-corrected chi connectivity index (χ2v) is 6.71. The van der Waals surface area contributed by atoms with Crippen molar-refractivity contribution in [2.75, 3.05) is 11.9 Å². The molecule has 0 fully saturated rings. The minimum atomic E-state index is -0.606. The molecule has 10 heteroatoms. The van der Waals surface area contributed by atoms with Crippen LogP contribution in [-0.2, 0) is 4.79 Å². The molecule has 3 aromatic carbocycles. The van der Waals surface area contributed by atoms with Crippen molar-refractivity contribution in [1.82, 2.24) is 15.3 Å². The number of benzene rings is 3. The van der Waals surface area contributed by atoms with E-state index in [9.17, 15) is 19.7 Å². The van der Waals surface area contributed by atoms with Crippen LogP contribution in [0.4, 0.5) is 11.4 Å². The molecule has 3 N–H and O–H groups in total. The number of carbonyl (C=O) groups is 2. The molecule has 0 aliphatic rings. The number of nitrogens with zero attached hydrogens (tertiary/aromatic N) is 2. The number of ether oxygens (including phenoxy) is 1. The normalized spacial score (nSPS) is 10.5. The van der Waals surface area contributed by atoms with Crippen molar-refractivity contribution >= 4 is 34.2 Å². The molecule has 1 aromatic heterocycles. The Hall–Kier alpha value is -4.73. The Balaban J connectivity index is 1.31. The molecule has 0 spiro atoms. The first-order valence-corrected chi connectivity index (χ1v) is 9.53. The number of nitro benzene ring substituents is 1. The predicted molar refractivity (Wildman–Crippen MR) is 117 cm³/mol. The number of fused-ring (bicyclic) bond motifs is 1. The number of imidazole rings is 1. The average molecular weight is 431 g/mol. The zero-order valence-corrected chi connectivity index (χ0v) is 16.6. The summed E-state index contributed by atoms with van der Waals surface area (Å²) in [6.45, 7) is -0.279. The number of carbonyl (C=O) groups excluding carboxylic acids is 2. The van der Waals surface area contributed by atoms with E-state index in [4.69, 9.17) is 4.74 Å². The standard InChI is InChI=1S/C22H17N5O5/c28-20(24-14-6-9-17(10-7-14)32-16-4-2-1-3-5-16)13-23-22(29)21-25-18-11-8-15(27(30)31)12-19(18)26-21/h1-12H,13H2,(H,23,29)(H,24,28)(H,25,26). The van der Waals surface area contributed by atoms with Crippen LogP contribution in [0.1, 0.15) is 10.6 Å². The lowest BCUT2D eigenvalue weighted by molar-refractivity contribution is -0.384. The first-order chi connectivity index (χ1) is 15.5. The molecule has 0 unspecified atom stereocenters. The van der Waals surface area contributed by atoms with E-state index in [-0.39, 0.29) is 18.1 Å². The molecule has 0 atom stereocenters. The van der Waals surface area contributed by atoms with Gasteiger partial charge in [-0.25, -0.2) is 4.98 Å². The number of aromatic nitrogens is 2. The minimum absolute atomic E-state index is 0.0456. The van der Waals surface area contributed by atoms with E-state index in [1.54, 1.807) is 24.3 Å². The van der Waals surface area contributed by atoms with E-state index in [1.807, 2.05) is 30.3 Å². The number of rotatable bonds is 7. The van der Waals surface area contributed by atoms with Gasteiger partial charge in [-0.3, -0.25) is 19.7 Å². The van der Waals surface area contributed by atoms with Gasteiger partial charge in [-0.05, 0) is 42.5 Å². The van der Waals surface area contributed by atoms with Gasteiger partial charge in [-0.1, -0.05) is 18.2 Å². The largest absolute Gasteiger partial charge is 0.457 e. The lowest BCUT2D eigenvalue weighted by Gasteiger charge is -2.08. The van der Waals surface area contributed by atoms with Crippen LogP contribution in [0.15, 0.2) is 72.8 Å². The molecular weight excluding hydrogens is 414 g/mol. The Morgan fingerprint density at radius 3 is 2.44 bits per heavy atom. The maximum atomic E-state index is 12.3. The summed E-state index contributed by atoms with van der Waals surface area (Å²) in [4.78, 5) is 41.5. The van der Waals surface area contributed by atoms with Crippen molar-refractivity contribution in [2.45, 2.75) is 0 Å². The van der Waals surface area contributed by atoms with Gasteiger partial charge in [-0.2, -0.15) is 0 Å². The van der Waals surface area contributed by atoms with Gasteiger partial charge in [0.2, 0.25) is 5.91 Å². The summed E-state index contributed by atoms with van der Waals surface area (Å²) < 4.78 is 5.69. The number of hydrogen-bond acceptors (Lipinski definition) is 6. The number of nitrogens with one attached hydrogen (secondary N) is 3. The van der Waals surface area contributed by atoms with Crippen LogP contribution < -0.4 is 15.4 Å². The van der Waals surface area contributed by atoms with Gasteiger partial charge < -0.3 is 20.4 Å². The fourth-order valence-electron chi connectivity index (χ4n) is 2.90. The molecule has 10 nitrogen and oxygen atoms in total. The minimum Gasteiger partial charge on any atom is -0.457 e. The third-order valence-corrected chi connectivity index (χ3v) is 4.42. The van der Waals surface area contributed by atoms with Gasteiger partial charge >= 0.3 is 0 Å². The molecule has 160 valence electrons. The van der Waals surface area contributed by atoms with Crippen molar-refractivity contribution in [2.24, 2.45) is 0 Å². The zero-order valence-electron chi connectivity index (χ0n) is 16.6. The summed E-state index contributed by atoms with van der Waals surface area (Å²) in [5, 5.41) is 16.0. The average Bonchev–Trinajstić information content (AvgIpc) is 3.23. The Morgan fingerprint density at radius 2 is 1.72 bits per heavy atom. The van der Waals surface area contributed by atoms with Crippen molar-refractivity contribution < 1.29 is 19.2 Å². The van der Waals surface area contributed by atoms with Crippen LogP contribution in [0.3, 0.4) is 0 Å². The van der Waals surface area contributed by atoms with E-state index in [0.29, 0.717) is 28.2 Å². The van der Waals surface area contributed by atoms with E-state index >= 15 is 0 Å². The third-order valence-electron chi connectivity index (χ3n) is 4.42. The van der Waals surface area contributed by atoms with Gasteiger partial charge in [0.1, 0.15) is 11.5 Å². The molecule has 0 radical (unpaired) electrons. The monoisotopic (exact) mass is 431 g/mol. The van der Waals surface area contributed by atoms with Crippen molar-refractivity contribution in [1.29, 1.82) is 0 Å². The highest BCUT2D eigenvalue weighted by Gasteiger charge is 2.15. The van der Waals surface area contributed by atoms with Crippen LogP contribution in [-0.4, -0.2) is 33.3 Å². The molecule has 0 bridgehead atoms. The van der Waals surface area contributed by atoms with Crippen LogP contribution in [0.2, 0.25) is 0 Å². The second-order valence-electron chi connectivity index (χ2n) is 6.71. The Morgan fingerprint density at radius 1 is 1.00 bits per heavy atom. The van der Waals surface area contributed by atoms with Crippen LogP contribution >= 0.6 is 0 Å². The number of H-pyrrole nitrogens is 1. The summed E-state index contributed by atoms with van der Waals surface area (Å²) in [5.74, 6) is 0.239. The highest BCUT2D eigenvalue weighted by atomic mass is 16.6. The number of para-hydroxylation sites is 1. The number of hydrogen-bond donors (Lipinski definition) is 3. The first kappa shape index (κ1) is 20.5. The summed E-state index contributed by atoms with van der Waals surface area (Å²) >= 11 is 0. The Labute approximate surface area is 181 Å². The molecule has 0 aliphatic heterocycles. The molecule has 0 saturated heterocycles. The van der Waals surface area contributed by atoms with Crippen molar-refractivity contribution in [3.8, 4) is 11.5 Å². The number of anilines is 1. The summed E-state index contributed by atoms with van der Waals surface area (Å²) in [6.07, 6.45) is 0. The molecule has 0 aliphatic carbocycles. The zero-order chi connectivity index (χ0) is 22.5. The van der Waals surface area contributed by atoms with Gasteiger partial charge in [0.15, 0.2) is 5.82 Å². The van der Waals surface area contributed by atoms with E-state index in [0.717, 1.165) is 0 Å². The molecule has 2 amide bonds. The smallest absolute Gasteiger partial charge is 0.287 e. The van der Waals surface area contributed by atoms with Gasteiger partial charge in [0.05, 0.1) is 22.5 Å². The topological polar surface area (TPSA) is 139 Å². The second kappa shape index (κ2) is 8.96. The Bertz CT molecular complexity index is 1290. The molecule has 0 saturated carbocycles. The van der Waals surface area contributed by atoms with Gasteiger partial charge in [0.25, 0.3) is 11.6 Å². The fourth-order valence-corrected chi connectivity index (χ4v) is 2.90. The quantitative estimate of drug-likeness (QED) is 0.302. The molecule has 4 rings (SSSR count). The molecule has 1 heterocycles. The highest BCUT2D eigenvalue weighted by Crippen LogP contribution is 2.22. The van der Waals surface area contributed by atoms with E-state index < -0.39 is 16.7 Å². The molecular formula is C22H17N5O5. The van der Waals surface area contributed by atoms with Crippen molar-refractivity contribution in [3.63, 3.8) is 0 Å². The Kier molecular flexibility index (Phi) is 5.75. The van der Waals surface area contributed by atoms with Gasteiger partial charge in [-0.15, -0.1) is 0 Å². The van der Waals surface area contributed by atoms with Crippen LogP contribution in [0, 0.1) is 10.1 Å². The number of non-ortho nitro benzene ring substituents is 1. The third kappa shape index (κ3) is 4.87. The van der Waals surface area contributed by atoms with Gasteiger partial charge in [0, 0.05) is 17.8 Å². The SMILES string of the molecule is O=C(CNC(=O)c1nc2ccc([N+](=O)[O-])cc2[nH]1)Nc1ccc(Oc2ccccc2)cc1. The molecule has 32 heavy (non-hydrogen) atoms. The highest BCUT2D eigenvalue weighted by molar-refractivity contribution is 5.99. The lowest BCUT2D eigenvalue weighted by atomic mass is 10.3.